The number of aryl methyl sites for hydroxylation is 2. The van der Waals surface area contributed by atoms with Crippen LogP contribution in [0, 0.1) is 13.8 Å². The zero-order valence-corrected chi connectivity index (χ0v) is 21.6. The van der Waals surface area contributed by atoms with E-state index in [1.165, 1.54) is 4.90 Å². The monoisotopic (exact) mass is 489 g/mol. The van der Waals surface area contributed by atoms with E-state index in [4.69, 9.17) is 4.74 Å². The van der Waals surface area contributed by atoms with Crippen molar-refractivity contribution >= 4 is 27.5 Å². The van der Waals surface area contributed by atoms with Gasteiger partial charge in [-0.15, -0.1) is 0 Å². The van der Waals surface area contributed by atoms with Crippen molar-refractivity contribution in [1.82, 2.24) is 10.2 Å². The Morgan fingerprint density at radius 2 is 1.74 bits per heavy atom. The molecule has 0 unspecified atom stereocenters. The fourth-order valence-electron chi connectivity index (χ4n) is 3.59. The number of nitrogens with one attached hydrogen (secondary N) is 1. The molecule has 0 heterocycles. The highest BCUT2D eigenvalue weighted by atomic mass is 32.2. The maximum absolute atomic E-state index is 13.5. The maximum Gasteiger partial charge on any atom is 0.244 e. The second-order valence-electron chi connectivity index (χ2n) is 8.40. The minimum absolute atomic E-state index is 0.147. The molecule has 0 aliphatic rings. The highest BCUT2D eigenvalue weighted by molar-refractivity contribution is 7.92. The summed E-state index contributed by atoms with van der Waals surface area (Å²) in [4.78, 5) is 27.7. The summed E-state index contributed by atoms with van der Waals surface area (Å²) in [5, 5.41) is 2.82. The number of ether oxygens (including phenoxy) is 1. The number of hydrogen-bond donors (Lipinski definition) is 1. The Bertz CT molecular complexity index is 1100. The van der Waals surface area contributed by atoms with Gasteiger partial charge in [-0.25, -0.2) is 8.42 Å². The molecule has 0 radical (unpaired) electrons. The third-order valence-electron chi connectivity index (χ3n) is 5.53. The highest BCUT2D eigenvalue weighted by Gasteiger charge is 2.30. The Morgan fingerprint density at radius 1 is 1.09 bits per heavy atom. The molecule has 186 valence electrons. The number of carbonyl (C=O) groups excluding carboxylic acids is 2. The van der Waals surface area contributed by atoms with Gasteiger partial charge in [0.25, 0.3) is 0 Å². The van der Waals surface area contributed by atoms with E-state index in [2.05, 4.69) is 5.32 Å². The SMILES string of the molecule is CCCNC(=O)[C@@H](C)N(Cc1ccc(OC)cc1)C(=O)CN(c1ccc(C)cc1C)S(C)(=O)=O. The van der Waals surface area contributed by atoms with Gasteiger partial charge in [-0.05, 0) is 56.5 Å². The summed E-state index contributed by atoms with van der Waals surface area (Å²) in [7, 11) is -2.19. The van der Waals surface area contributed by atoms with E-state index in [1.54, 1.807) is 45.2 Å². The summed E-state index contributed by atoms with van der Waals surface area (Å²) in [6.45, 7) is 7.54. The molecule has 34 heavy (non-hydrogen) atoms. The van der Waals surface area contributed by atoms with E-state index in [0.29, 0.717) is 18.0 Å². The molecule has 0 saturated heterocycles. The molecule has 0 fully saturated rings. The van der Waals surface area contributed by atoms with Crippen LogP contribution in [-0.2, 0) is 26.2 Å². The van der Waals surface area contributed by atoms with Crippen LogP contribution in [0.15, 0.2) is 42.5 Å². The van der Waals surface area contributed by atoms with Gasteiger partial charge in [0.2, 0.25) is 21.8 Å². The van der Waals surface area contributed by atoms with Crippen LogP contribution in [0.2, 0.25) is 0 Å². The van der Waals surface area contributed by atoms with E-state index in [9.17, 15) is 18.0 Å². The van der Waals surface area contributed by atoms with Crippen LogP contribution in [0.1, 0.15) is 37.0 Å². The fourth-order valence-corrected chi connectivity index (χ4v) is 4.49. The van der Waals surface area contributed by atoms with Gasteiger partial charge in [-0.2, -0.15) is 0 Å². The average Bonchev–Trinajstić information content (AvgIpc) is 2.79. The summed E-state index contributed by atoms with van der Waals surface area (Å²) in [5.74, 6) is -0.0880. The minimum atomic E-state index is -3.76. The quantitative estimate of drug-likeness (QED) is 0.523. The second kappa shape index (κ2) is 11.9. The molecular weight excluding hydrogens is 454 g/mol. The predicted molar refractivity (Wildman–Crippen MR) is 134 cm³/mol. The number of anilines is 1. The van der Waals surface area contributed by atoms with Crippen molar-refractivity contribution in [3.05, 3.63) is 59.2 Å². The zero-order chi connectivity index (χ0) is 25.5. The first-order valence-corrected chi connectivity index (χ1v) is 13.1. The van der Waals surface area contributed by atoms with E-state index in [0.717, 1.165) is 33.7 Å². The van der Waals surface area contributed by atoms with Gasteiger partial charge in [-0.1, -0.05) is 36.8 Å². The number of rotatable bonds is 11. The van der Waals surface area contributed by atoms with E-state index in [1.807, 2.05) is 32.0 Å². The normalized spacial score (nSPS) is 12.1. The lowest BCUT2D eigenvalue weighted by atomic mass is 10.1. The maximum atomic E-state index is 13.5. The molecule has 2 amide bonds. The predicted octanol–water partition coefficient (Wildman–Crippen LogP) is 3.02. The van der Waals surface area contributed by atoms with Crippen LogP contribution >= 0.6 is 0 Å². The minimum Gasteiger partial charge on any atom is -0.497 e. The van der Waals surface area contributed by atoms with Crippen LogP contribution < -0.4 is 14.4 Å². The summed E-state index contributed by atoms with van der Waals surface area (Å²) >= 11 is 0. The van der Waals surface area contributed by atoms with Crippen LogP contribution in [0.3, 0.4) is 0 Å². The standard InChI is InChI=1S/C25H35N3O5S/c1-7-14-26-25(30)20(4)27(16-21-9-11-22(33-5)12-10-21)24(29)17-28(34(6,31)32)23-13-8-18(2)15-19(23)3/h8-13,15,20H,7,14,16-17H2,1-6H3,(H,26,30)/t20-/m1/s1. The topological polar surface area (TPSA) is 96.0 Å². The largest absolute Gasteiger partial charge is 0.497 e. The summed E-state index contributed by atoms with van der Waals surface area (Å²) in [5.41, 5.74) is 2.97. The van der Waals surface area contributed by atoms with Crippen LogP contribution in [0.4, 0.5) is 5.69 Å². The molecule has 0 aliphatic heterocycles. The van der Waals surface area contributed by atoms with Crippen molar-refractivity contribution in [3.63, 3.8) is 0 Å². The van der Waals surface area contributed by atoms with E-state index < -0.39 is 28.5 Å². The van der Waals surface area contributed by atoms with Gasteiger partial charge in [0, 0.05) is 13.1 Å². The number of amides is 2. The van der Waals surface area contributed by atoms with Gasteiger partial charge in [-0.3, -0.25) is 13.9 Å². The van der Waals surface area contributed by atoms with Crippen molar-refractivity contribution in [3.8, 4) is 5.75 Å². The molecule has 0 bridgehead atoms. The molecule has 0 aliphatic carbocycles. The van der Waals surface area contributed by atoms with Crippen molar-refractivity contribution < 1.29 is 22.7 Å². The van der Waals surface area contributed by atoms with Crippen LogP contribution in [0.25, 0.3) is 0 Å². The van der Waals surface area contributed by atoms with Gasteiger partial charge in [0.05, 0.1) is 19.1 Å². The number of benzene rings is 2. The number of carbonyl (C=O) groups is 2. The van der Waals surface area contributed by atoms with Crippen LogP contribution in [0.5, 0.6) is 5.75 Å². The number of nitrogens with zero attached hydrogens (tertiary/aromatic N) is 2. The fraction of sp³-hybridized carbons (Fsp3) is 0.440. The molecule has 0 aromatic heterocycles. The van der Waals surface area contributed by atoms with Crippen molar-refractivity contribution in [1.29, 1.82) is 0 Å². The van der Waals surface area contributed by atoms with Gasteiger partial charge in [0.15, 0.2) is 0 Å². The van der Waals surface area contributed by atoms with E-state index >= 15 is 0 Å². The Hall–Kier alpha value is -3.07. The van der Waals surface area contributed by atoms with Crippen molar-refractivity contribution in [2.45, 2.75) is 46.7 Å². The van der Waals surface area contributed by atoms with Gasteiger partial charge in [0.1, 0.15) is 18.3 Å². The lowest BCUT2D eigenvalue weighted by Crippen LogP contribution is -2.51. The first-order valence-electron chi connectivity index (χ1n) is 11.2. The summed E-state index contributed by atoms with van der Waals surface area (Å²) < 4.78 is 31.6. The molecule has 1 atom stereocenters. The van der Waals surface area contributed by atoms with Crippen LogP contribution in [-0.4, -0.2) is 57.6 Å². The third-order valence-corrected chi connectivity index (χ3v) is 6.66. The number of hydrogen-bond acceptors (Lipinski definition) is 5. The van der Waals surface area contributed by atoms with Gasteiger partial charge >= 0.3 is 0 Å². The zero-order valence-electron chi connectivity index (χ0n) is 20.8. The Morgan fingerprint density at radius 3 is 2.26 bits per heavy atom. The Balaban J connectivity index is 2.39. The van der Waals surface area contributed by atoms with Crippen molar-refractivity contribution in [2.24, 2.45) is 0 Å². The smallest absolute Gasteiger partial charge is 0.244 e. The molecule has 9 heteroatoms. The summed E-state index contributed by atoms with van der Waals surface area (Å²) in [6, 6.07) is 11.8. The Kier molecular flexibility index (Phi) is 9.49. The molecule has 1 N–H and O–H groups in total. The van der Waals surface area contributed by atoms with Crippen molar-refractivity contribution in [2.75, 3.05) is 30.8 Å². The molecule has 2 aromatic carbocycles. The molecule has 2 aromatic rings. The summed E-state index contributed by atoms with van der Waals surface area (Å²) in [6.07, 6.45) is 1.84. The number of sulfonamides is 1. The highest BCUT2D eigenvalue weighted by Crippen LogP contribution is 2.24. The molecule has 2 rings (SSSR count). The average molecular weight is 490 g/mol. The Labute approximate surface area is 202 Å². The molecule has 0 saturated carbocycles. The molecule has 0 spiro atoms. The van der Waals surface area contributed by atoms with Gasteiger partial charge < -0.3 is 15.0 Å². The first-order chi connectivity index (χ1) is 16.0. The lowest BCUT2D eigenvalue weighted by molar-refractivity contribution is -0.139. The third kappa shape index (κ3) is 7.21. The molecular formula is C25H35N3O5S. The number of methoxy groups -OCH3 is 1. The molecule has 8 nitrogen and oxygen atoms in total. The van der Waals surface area contributed by atoms with E-state index in [-0.39, 0.29) is 12.5 Å². The first kappa shape index (κ1) is 27.2. The second-order valence-corrected chi connectivity index (χ2v) is 10.3. The lowest BCUT2D eigenvalue weighted by Gasteiger charge is -2.32.